The lowest BCUT2D eigenvalue weighted by atomic mass is 9.97. The second kappa shape index (κ2) is 6.27. The zero-order chi connectivity index (χ0) is 12.0. The minimum absolute atomic E-state index is 0.110. The molecular weight excluding hydrogens is 208 g/mol. The molecule has 1 aliphatic carbocycles. The van der Waals surface area contributed by atoms with Crippen molar-refractivity contribution in [2.45, 2.75) is 38.2 Å². The number of amides is 2. The number of primary amides is 1. The summed E-state index contributed by atoms with van der Waals surface area (Å²) in [6, 6.07) is 0. The van der Waals surface area contributed by atoms with Gasteiger partial charge in [0, 0.05) is 6.42 Å². The standard InChI is InChI=1S/C11H18N2O3/c12-11(16)9(14)7-13-10(15)6-8-4-2-1-3-5-8/h4,9,14H,1-3,5-7H2,(H2,12,16)(H,13,15). The van der Waals surface area contributed by atoms with Crippen LogP contribution in [-0.2, 0) is 9.59 Å². The lowest BCUT2D eigenvalue weighted by molar-refractivity contribution is -0.126. The molecule has 1 rings (SSSR count). The summed E-state index contributed by atoms with van der Waals surface area (Å²) in [4.78, 5) is 21.9. The molecule has 0 saturated carbocycles. The molecule has 0 aliphatic heterocycles. The van der Waals surface area contributed by atoms with Gasteiger partial charge in [-0.25, -0.2) is 0 Å². The fraction of sp³-hybridized carbons (Fsp3) is 0.636. The zero-order valence-corrected chi connectivity index (χ0v) is 9.24. The van der Waals surface area contributed by atoms with Crippen molar-refractivity contribution in [3.63, 3.8) is 0 Å². The van der Waals surface area contributed by atoms with Crippen LogP contribution in [0.3, 0.4) is 0 Å². The molecule has 0 aromatic carbocycles. The number of carbonyl (C=O) groups is 2. The SMILES string of the molecule is NC(=O)C(O)CNC(=O)CC1=CCCCC1. The van der Waals surface area contributed by atoms with Crippen LogP contribution in [0.4, 0.5) is 0 Å². The van der Waals surface area contributed by atoms with Crippen molar-refractivity contribution >= 4 is 11.8 Å². The van der Waals surface area contributed by atoms with E-state index in [-0.39, 0.29) is 12.5 Å². The Labute approximate surface area is 94.7 Å². The Morgan fingerprint density at radius 2 is 2.25 bits per heavy atom. The normalized spacial score (nSPS) is 17.4. The summed E-state index contributed by atoms with van der Waals surface area (Å²) in [6.07, 6.45) is 5.45. The Morgan fingerprint density at radius 3 is 2.81 bits per heavy atom. The summed E-state index contributed by atoms with van der Waals surface area (Å²) in [5.41, 5.74) is 5.99. The highest BCUT2D eigenvalue weighted by atomic mass is 16.3. The van der Waals surface area contributed by atoms with E-state index in [1.54, 1.807) is 0 Å². The Bertz CT molecular complexity index is 300. The van der Waals surface area contributed by atoms with Gasteiger partial charge >= 0.3 is 0 Å². The third-order valence-electron chi connectivity index (χ3n) is 2.59. The molecule has 0 radical (unpaired) electrons. The number of aliphatic hydroxyl groups excluding tert-OH is 1. The molecule has 16 heavy (non-hydrogen) atoms. The second-order valence-electron chi connectivity index (χ2n) is 4.01. The van der Waals surface area contributed by atoms with E-state index in [9.17, 15) is 9.59 Å². The van der Waals surface area contributed by atoms with Gasteiger partial charge in [-0.1, -0.05) is 11.6 Å². The van der Waals surface area contributed by atoms with E-state index in [0.717, 1.165) is 24.8 Å². The maximum absolute atomic E-state index is 11.4. The molecule has 5 heteroatoms. The van der Waals surface area contributed by atoms with Gasteiger partial charge in [-0.15, -0.1) is 0 Å². The Hall–Kier alpha value is -1.36. The van der Waals surface area contributed by atoms with Crippen LogP contribution in [-0.4, -0.2) is 29.6 Å². The van der Waals surface area contributed by atoms with Gasteiger partial charge in [0.25, 0.3) is 0 Å². The number of carbonyl (C=O) groups excluding carboxylic acids is 2. The molecule has 0 saturated heterocycles. The smallest absolute Gasteiger partial charge is 0.248 e. The molecule has 90 valence electrons. The average molecular weight is 226 g/mol. The fourth-order valence-electron chi connectivity index (χ4n) is 1.65. The van der Waals surface area contributed by atoms with E-state index in [2.05, 4.69) is 11.4 Å². The second-order valence-corrected chi connectivity index (χ2v) is 4.01. The van der Waals surface area contributed by atoms with E-state index in [1.165, 1.54) is 6.42 Å². The number of nitrogens with one attached hydrogen (secondary N) is 1. The lowest BCUT2D eigenvalue weighted by Crippen LogP contribution is -2.40. The number of nitrogens with two attached hydrogens (primary N) is 1. The van der Waals surface area contributed by atoms with Crippen LogP contribution < -0.4 is 11.1 Å². The number of aliphatic hydroxyl groups is 1. The summed E-state index contributed by atoms with van der Waals surface area (Å²) >= 11 is 0. The Morgan fingerprint density at radius 1 is 1.50 bits per heavy atom. The van der Waals surface area contributed by atoms with Crippen LogP contribution in [0.1, 0.15) is 32.1 Å². The first kappa shape index (κ1) is 12.7. The monoisotopic (exact) mass is 226 g/mol. The summed E-state index contributed by atoms with van der Waals surface area (Å²) in [7, 11) is 0. The van der Waals surface area contributed by atoms with E-state index in [4.69, 9.17) is 10.8 Å². The summed E-state index contributed by atoms with van der Waals surface area (Å²) in [5.74, 6) is -0.995. The summed E-state index contributed by atoms with van der Waals surface area (Å²) in [5, 5.41) is 11.6. The van der Waals surface area contributed by atoms with Crippen molar-refractivity contribution in [3.05, 3.63) is 11.6 Å². The number of rotatable bonds is 5. The van der Waals surface area contributed by atoms with Gasteiger partial charge in [0.05, 0.1) is 6.54 Å². The predicted molar refractivity (Wildman–Crippen MR) is 59.4 cm³/mol. The highest BCUT2D eigenvalue weighted by Crippen LogP contribution is 2.19. The number of hydrogen-bond donors (Lipinski definition) is 3. The van der Waals surface area contributed by atoms with Crippen molar-refractivity contribution in [3.8, 4) is 0 Å². The van der Waals surface area contributed by atoms with Crippen LogP contribution in [0.2, 0.25) is 0 Å². The Kier molecular flexibility index (Phi) is 4.98. The quantitative estimate of drug-likeness (QED) is 0.569. The molecule has 1 aliphatic rings. The molecule has 1 atom stereocenters. The highest BCUT2D eigenvalue weighted by molar-refractivity contribution is 5.81. The van der Waals surface area contributed by atoms with Gasteiger partial charge in [-0.2, -0.15) is 0 Å². The van der Waals surface area contributed by atoms with Crippen molar-refractivity contribution in [2.24, 2.45) is 5.73 Å². The minimum atomic E-state index is -1.30. The van der Waals surface area contributed by atoms with Crippen molar-refractivity contribution in [1.82, 2.24) is 5.32 Å². The predicted octanol–water partition coefficient (Wildman–Crippen LogP) is -0.161. The molecule has 0 aromatic heterocycles. The van der Waals surface area contributed by atoms with E-state index in [1.807, 2.05) is 0 Å². The van der Waals surface area contributed by atoms with E-state index in [0.29, 0.717) is 6.42 Å². The van der Waals surface area contributed by atoms with Crippen molar-refractivity contribution in [1.29, 1.82) is 0 Å². The third kappa shape index (κ3) is 4.44. The molecule has 0 fully saturated rings. The topological polar surface area (TPSA) is 92.4 Å². The molecule has 4 N–H and O–H groups in total. The van der Waals surface area contributed by atoms with Crippen molar-refractivity contribution in [2.75, 3.05) is 6.54 Å². The van der Waals surface area contributed by atoms with Crippen LogP contribution in [0.5, 0.6) is 0 Å². The van der Waals surface area contributed by atoms with Gasteiger partial charge in [0.2, 0.25) is 11.8 Å². The van der Waals surface area contributed by atoms with Gasteiger partial charge in [-0.05, 0) is 25.7 Å². The lowest BCUT2D eigenvalue weighted by Gasteiger charge is -2.13. The minimum Gasteiger partial charge on any atom is -0.381 e. The maximum atomic E-state index is 11.4. The fourth-order valence-corrected chi connectivity index (χ4v) is 1.65. The first-order valence-electron chi connectivity index (χ1n) is 5.51. The molecule has 0 spiro atoms. The molecular formula is C11H18N2O3. The van der Waals surface area contributed by atoms with Crippen LogP contribution in [0.25, 0.3) is 0 Å². The van der Waals surface area contributed by atoms with Gasteiger partial charge in [-0.3, -0.25) is 9.59 Å². The average Bonchev–Trinajstić information content (AvgIpc) is 2.27. The molecule has 1 unspecified atom stereocenters. The van der Waals surface area contributed by atoms with Crippen LogP contribution in [0.15, 0.2) is 11.6 Å². The summed E-state index contributed by atoms with van der Waals surface area (Å²) < 4.78 is 0. The largest absolute Gasteiger partial charge is 0.381 e. The highest BCUT2D eigenvalue weighted by Gasteiger charge is 2.13. The first-order valence-corrected chi connectivity index (χ1v) is 5.51. The van der Waals surface area contributed by atoms with E-state index < -0.39 is 12.0 Å². The van der Waals surface area contributed by atoms with Gasteiger partial charge in [0.1, 0.15) is 6.10 Å². The molecule has 5 nitrogen and oxygen atoms in total. The number of hydrogen-bond acceptors (Lipinski definition) is 3. The first-order chi connectivity index (χ1) is 7.59. The zero-order valence-electron chi connectivity index (χ0n) is 9.24. The third-order valence-corrected chi connectivity index (χ3v) is 2.59. The maximum Gasteiger partial charge on any atom is 0.248 e. The molecule has 0 heterocycles. The molecule has 0 aromatic rings. The van der Waals surface area contributed by atoms with Crippen LogP contribution in [0, 0.1) is 0 Å². The number of allylic oxidation sites excluding steroid dienone is 1. The van der Waals surface area contributed by atoms with Gasteiger partial charge < -0.3 is 16.2 Å². The Balaban J connectivity index is 2.25. The molecule has 2 amide bonds. The molecule has 0 bridgehead atoms. The summed E-state index contributed by atoms with van der Waals surface area (Å²) in [6.45, 7) is -0.110. The van der Waals surface area contributed by atoms with Gasteiger partial charge in [0.15, 0.2) is 0 Å². The van der Waals surface area contributed by atoms with Crippen LogP contribution >= 0.6 is 0 Å². The van der Waals surface area contributed by atoms with E-state index >= 15 is 0 Å². The van der Waals surface area contributed by atoms with Crippen molar-refractivity contribution < 1.29 is 14.7 Å².